The summed E-state index contributed by atoms with van der Waals surface area (Å²) in [6.45, 7) is 2.56. The fourth-order valence-electron chi connectivity index (χ4n) is 3.78. The van der Waals surface area contributed by atoms with Gasteiger partial charge in [0.25, 0.3) is 0 Å². The third kappa shape index (κ3) is 5.36. The Morgan fingerprint density at radius 1 is 0.838 bits per heavy atom. The number of thiazole rings is 1. The molecule has 0 radical (unpaired) electrons. The Kier molecular flexibility index (Phi) is 7.35. The van der Waals surface area contributed by atoms with E-state index < -0.39 is 28.8 Å². The highest BCUT2D eigenvalue weighted by Gasteiger charge is 2.37. The molecule has 37 heavy (non-hydrogen) atoms. The van der Waals surface area contributed by atoms with Crippen LogP contribution in [-0.4, -0.2) is 38.4 Å². The van der Waals surface area contributed by atoms with Crippen molar-refractivity contribution in [1.82, 2.24) is 4.98 Å². The lowest BCUT2D eigenvalue weighted by atomic mass is 9.77. The molecule has 3 N–H and O–H groups in total. The summed E-state index contributed by atoms with van der Waals surface area (Å²) < 4.78 is 0. The van der Waals surface area contributed by atoms with Crippen molar-refractivity contribution in [3.63, 3.8) is 0 Å². The molecule has 0 spiro atoms. The Hall–Kier alpha value is -4.50. The van der Waals surface area contributed by atoms with Crippen LogP contribution in [-0.2, 0) is 20.0 Å². The lowest BCUT2D eigenvalue weighted by Gasteiger charge is -2.36. The van der Waals surface area contributed by atoms with Crippen molar-refractivity contribution in [2.75, 3.05) is 5.32 Å². The highest BCUT2D eigenvalue weighted by atomic mass is 32.1. The molecule has 0 aliphatic rings. The first-order valence-electron chi connectivity index (χ1n) is 11.4. The number of hydrogen-bond acceptors (Lipinski definition) is 7. The molecule has 4 rings (SSSR count). The monoisotopic (exact) mass is 515 g/mol. The van der Waals surface area contributed by atoms with Gasteiger partial charge in [0, 0.05) is 5.38 Å². The molecule has 0 fully saturated rings. The molecule has 8 nitrogen and oxygen atoms in total. The van der Waals surface area contributed by atoms with Gasteiger partial charge in [0.15, 0.2) is 5.13 Å². The van der Waals surface area contributed by atoms with E-state index in [0.717, 1.165) is 16.7 Å². The molecule has 188 valence electrons. The largest absolute Gasteiger partial charge is 0.478 e. The van der Waals surface area contributed by atoms with Gasteiger partial charge in [-0.2, -0.15) is 0 Å². The van der Waals surface area contributed by atoms with Crippen molar-refractivity contribution in [3.05, 3.63) is 119 Å². The standard InChI is InChI=1S/C28H25N3O5S/c1-27(2,25(34)35)36-31-23(24(32)33)22-18-37-26(29-22)30-28(19-12-6-3-7-13-19,20-14-8-4-9-15-20)21-16-10-5-11-17-21/h3-18H,1-2H3,(H,29,30)(H,32,33)(H,34,35). The summed E-state index contributed by atoms with van der Waals surface area (Å²) in [5.41, 5.74) is -0.122. The summed E-state index contributed by atoms with van der Waals surface area (Å²) in [7, 11) is 0. The Morgan fingerprint density at radius 2 is 1.30 bits per heavy atom. The van der Waals surface area contributed by atoms with Gasteiger partial charge in [-0.05, 0) is 30.5 Å². The molecule has 1 heterocycles. The molecule has 4 aromatic rings. The maximum Gasteiger partial charge on any atom is 0.360 e. The number of oxime groups is 1. The van der Waals surface area contributed by atoms with E-state index in [4.69, 9.17) is 4.84 Å². The van der Waals surface area contributed by atoms with Crippen molar-refractivity contribution in [2.24, 2.45) is 5.16 Å². The van der Waals surface area contributed by atoms with Gasteiger partial charge in [-0.3, -0.25) is 0 Å². The van der Waals surface area contributed by atoms with Gasteiger partial charge < -0.3 is 20.4 Å². The first-order chi connectivity index (χ1) is 17.7. The van der Waals surface area contributed by atoms with E-state index >= 15 is 0 Å². The average Bonchev–Trinajstić information content (AvgIpc) is 3.36. The SMILES string of the molecule is CC(C)(ON=C(C(=O)O)c1csc(NC(c2ccccc2)(c2ccccc2)c2ccccc2)n1)C(=O)O. The molecule has 0 bridgehead atoms. The molecule has 9 heteroatoms. The fraction of sp³-hybridized carbons (Fsp3) is 0.143. The zero-order chi connectivity index (χ0) is 26.5. The van der Waals surface area contributed by atoms with E-state index in [2.05, 4.69) is 15.5 Å². The second kappa shape index (κ2) is 10.6. The summed E-state index contributed by atoms with van der Waals surface area (Å²) in [6.07, 6.45) is 0. The molecule has 1 aromatic heterocycles. The third-order valence-corrected chi connectivity index (χ3v) is 6.50. The number of nitrogens with zero attached hydrogens (tertiary/aromatic N) is 2. The number of aromatic nitrogens is 1. The number of benzene rings is 3. The van der Waals surface area contributed by atoms with Crippen LogP contribution >= 0.6 is 11.3 Å². The topological polar surface area (TPSA) is 121 Å². The van der Waals surface area contributed by atoms with Gasteiger partial charge in [0.05, 0.1) is 0 Å². The second-order valence-electron chi connectivity index (χ2n) is 8.66. The summed E-state index contributed by atoms with van der Waals surface area (Å²) in [4.78, 5) is 32.8. The second-order valence-corrected chi connectivity index (χ2v) is 9.52. The molecular weight excluding hydrogens is 490 g/mol. The Bertz CT molecular complexity index is 1310. The minimum absolute atomic E-state index is 0.0456. The Labute approximate surface area is 217 Å². The molecule has 3 aromatic carbocycles. The van der Waals surface area contributed by atoms with E-state index in [1.54, 1.807) is 0 Å². The van der Waals surface area contributed by atoms with Crippen molar-refractivity contribution in [3.8, 4) is 0 Å². The van der Waals surface area contributed by atoms with Crippen molar-refractivity contribution >= 4 is 34.1 Å². The highest BCUT2D eigenvalue weighted by molar-refractivity contribution is 7.14. The number of carboxylic acids is 2. The van der Waals surface area contributed by atoms with Gasteiger partial charge in [0.2, 0.25) is 11.3 Å². The normalized spacial score (nSPS) is 12.1. The zero-order valence-corrected chi connectivity index (χ0v) is 21.0. The number of rotatable bonds is 10. The summed E-state index contributed by atoms with van der Waals surface area (Å²) in [5, 5.41) is 28.2. The summed E-state index contributed by atoms with van der Waals surface area (Å²) in [5.74, 6) is -2.67. The average molecular weight is 516 g/mol. The number of hydrogen-bond donors (Lipinski definition) is 3. The number of carbonyl (C=O) groups is 2. The van der Waals surface area contributed by atoms with E-state index in [0.29, 0.717) is 5.13 Å². The van der Waals surface area contributed by atoms with Crippen LogP contribution in [0.1, 0.15) is 36.2 Å². The van der Waals surface area contributed by atoms with E-state index in [-0.39, 0.29) is 5.69 Å². The Morgan fingerprint density at radius 3 is 1.70 bits per heavy atom. The van der Waals surface area contributed by atoms with Gasteiger partial charge in [-0.25, -0.2) is 14.6 Å². The minimum Gasteiger partial charge on any atom is -0.478 e. The van der Waals surface area contributed by atoms with Crippen LogP contribution in [0.4, 0.5) is 5.13 Å². The summed E-state index contributed by atoms with van der Waals surface area (Å²) in [6, 6.07) is 29.7. The van der Waals surface area contributed by atoms with Gasteiger partial charge in [-0.1, -0.05) is 96.2 Å². The first kappa shape index (κ1) is 25.6. The third-order valence-electron chi connectivity index (χ3n) is 5.74. The van der Waals surface area contributed by atoms with Crippen LogP contribution in [0.3, 0.4) is 0 Å². The number of aliphatic carboxylic acids is 2. The molecule has 0 saturated heterocycles. The first-order valence-corrected chi connectivity index (χ1v) is 12.3. The van der Waals surface area contributed by atoms with E-state index in [9.17, 15) is 19.8 Å². The minimum atomic E-state index is -1.71. The lowest BCUT2D eigenvalue weighted by Crippen LogP contribution is -2.38. The highest BCUT2D eigenvalue weighted by Crippen LogP contribution is 2.40. The molecule has 0 atom stereocenters. The van der Waals surface area contributed by atoms with Gasteiger partial charge >= 0.3 is 11.9 Å². The maximum atomic E-state index is 11.9. The van der Waals surface area contributed by atoms with Gasteiger partial charge in [-0.15, -0.1) is 11.3 Å². The molecular formula is C28H25N3O5S. The van der Waals surface area contributed by atoms with Crippen molar-refractivity contribution in [2.45, 2.75) is 25.0 Å². The molecule has 0 unspecified atom stereocenters. The lowest BCUT2D eigenvalue weighted by molar-refractivity contribution is -0.161. The molecule has 0 amide bonds. The fourth-order valence-corrected chi connectivity index (χ4v) is 4.53. The molecule has 0 aliphatic heterocycles. The zero-order valence-electron chi connectivity index (χ0n) is 20.2. The number of anilines is 1. The quantitative estimate of drug-likeness (QED) is 0.150. The predicted octanol–water partition coefficient (Wildman–Crippen LogP) is 5.22. The number of carboxylic acid groups (broad SMARTS) is 2. The van der Waals surface area contributed by atoms with Crippen LogP contribution in [0.5, 0.6) is 0 Å². The van der Waals surface area contributed by atoms with Crippen LogP contribution in [0.25, 0.3) is 0 Å². The van der Waals surface area contributed by atoms with Gasteiger partial charge in [0.1, 0.15) is 11.2 Å². The van der Waals surface area contributed by atoms with E-state index in [1.165, 1.54) is 30.6 Å². The van der Waals surface area contributed by atoms with E-state index in [1.807, 2.05) is 91.0 Å². The summed E-state index contributed by atoms with van der Waals surface area (Å²) >= 11 is 1.21. The maximum absolute atomic E-state index is 11.9. The van der Waals surface area contributed by atoms with Crippen molar-refractivity contribution in [1.29, 1.82) is 0 Å². The molecule has 0 aliphatic carbocycles. The molecule has 0 saturated carbocycles. The number of nitrogens with one attached hydrogen (secondary N) is 1. The van der Waals surface area contributed by atoms with Crippen molar-refractivity contribution < 1.29 is 24.6 Å². The predicted molar refractivity (Wildman–Crippen MR) is 142 cm³/mol. The van der Waals surface area contributed by atoms with Crippen LogP contribution in [0.2, 0.25) is 0 Å². The Balaban J connectivity index is 1.82. The van der Waals surface area contributed by atoms with Crippen LogP contribution < -0.4 is 5.32 Å². The van der Waals surface area contributed by atoms with Crippen LogP contribution in [0.15, 0.2) is 102 Å². The van der Waals surface area contributed by atoms with Crippen LogP contribution in [0, 0.1) is 0 Å². The smallest absolute Gasteiger partial charge is 0.360 e.